The summed E-state index contributed by atoms with van der Waals surface area (Å²) in [5.74, 6) is -0.929. The molecule has 1 aromatic heterocycles. The van der Waals surface area contributed by atoms with Crippen LogP contribution in [-0.4, -0.2) is 10.9 Å². The van der Waals surface area contributed by atoms with Gasteiger partial charge in [-0.15, -0.1) is 0 Å². The number of aromatic nitrogens is 1. The highest BCUT2D eigenvalue weighted by Crippen LogP contribution is 2.26. The second-order valence-electron chi connectivity index (χ2n) is 6.01. The van der Waals surface area contributed by atoms with Gasteiger partial charge >= 0.3 is 5.76 Å². The second-order valence-corrected chi connectivity index (χ2v) is 6.01. The average molecular weight is 342 g/mol. The standard InChI is InChI=1S/C19H19FN2O3/c1-2-3-13(12-4-6-14(20)7-5-12)10-18(23)21-15-8-9-16-17(11-15)25-19(24)22-16/h4-9,11,13H,2-3,10H2,1H3,(H,21,23)(H,22,24). The average Bonchev–Trinajstić information content (AvgIpc) is 2.94. The molecule has 130 valence electrons. The Kier molecular flexibility index (Phi) is 4.97. The smallest absolute Gasteiger partial charge is 0.408 e. The molecule has 0 aliphatic heterocycles. The molecule has 0 saturated carbocycles. The zero-order chi connectivity index (χ0) is 17.8. The van der Waals surface area contributed by atoms with Crippen molar-refractivity contribution in [2.75, 3.05) is 5.32 Å². The van der Waals surface area contributed by atoms with E-state index in [1.165, 1.54) is 12.1 Å². The van der Waals surface area contributed by atoms with Crippen LogP contribution in [0.5, 0.6) is 0 Å². The van der Waals surface area contributed by atoms with Gasteiger partial charge in [0.25, 0.3) is 0 Å². The van der Waals surface area contributed by atoms with E-state index in [-0.39, 0.29) is 17.6 Å². The summed E-state index contributed by atoms with van der Waals surface area (Å²) in [6.45, 7) is 2.05. The summed E-state index contributed by atoms with van der Waals surface area (Å²) in [5, 5.41) is 2.82. The van der Waals surface area contributed by atoms with E-state index in [1.807, 2.05) is 0 Å². The van der Waals surface area contributed by atoms with Crippen LogP contribution in [0.4, 0.5) is 10.1 Å². The molecule has 2 N–H and O–H groups in total. The molecular weight excluding hydrogens is 323 g/mol. The first-order valence-electron chi connectivity index (χ1n) is 8.23. The van der Waals surface area contributed by atoms with Gasteiger partial charge in [0.1, 0.15) is 5.82 Å². The van der Waals surface area contributed by atoms with Crippen LogP contribution in [0.3, 0.4) is 0 Å². The highest BCUT2D eigenvalue weighted by atomic mass is 19.1. The summed E-state index contributed by atoms with van der Waals surface area (Å²) < 4.78 is 18.1. The van der Waals surface area contributed by atoms with Gasteiger partial charge in [0, 0.05) is 18.2 Å². The number of fused-ring (bicyclic) bond motifs is 1. The number of hydrogen-bond donors (Lipinski definition) is 2. The molecule has 0 aliphatic rings. The molecule has 5 nitrogen and oxygen atoms in total. The van der Waals surface area contributed by atoms with Crippen molar-refractivity contribution >= 4 is 22.7 Å². The van der Waals surface area contributed by atoms with Crippen molar-refractivity contribution in [2.24, 2.45) is 0 Å². The Balaban J connectivity index is 1.71. The fourth-order valence-electron chi connectivity index (χ4n) is 2.93. The minimum absolute atomic E-state index is 0.0273. The van der Waals surface area contributed by atoms with Crippen LogP contribution in [0, 0.1) is 5.82 Å². The molecule has 2 aromatic carbocycles. The van der Waals surface area contributed by atoms with Crippen molar-refractivity contribution in [1.82, 2.24) is 4.98 Å². The molecule has 3 aromatic rings. The number of aromatic amines is 1. The molecular formula is C19H19FN2O3. The van der Waals surface area contributed by atoms with Gasteiger partial charge in [0.15, 0.2) is 5.58 Å². The van der Waals surface area contributed by atoms with Crippen LogP contribution in [0.15, 0.2) is 51.7 Å². The molecule has 3 rings (SSSR count). The predicted octanol–water partition coefficient (Wildman–Crippen LogP) is 4.17. The van der Waals surface area contributed by atoms with Gasteiger partial charge in [0.05, 0.1) is 5.52 Å². The highest BCUT2D eigenvalue weighted by Gasteiger charge is 2.16. The molecule has 0 aliphatic carbocycles. The van der Waals surface area contributed by atoms with Crippen LogP contribution in [0.1, 0.15) is 37.7 Å². The number of carbonyl (C=O) groups is 1. The normalized spacial score (nSPS) is 12.2. The number of carbonyl (C=O) groups excluding carboxylic acids is 1. The van der Waals surface area contributed by atoms with Gasteiger partial charge in [-0.1, -0.05) is 25.5 Å². The lowest BCUT2D eigenvalue weighted by Gasteiger charge is -2.16. The molecule has 1 heterocycles. The van der Waals surface area contributed by atoms with Crippen LogP contribution < -0.4 is 11.1 Å². The van der Waals surface area contributed by atoms with E-state index in [0.29, 0.717) is 23.2 Å². The molecule has 0 bridgehead atoms. The monoisotopic (exact) mass is 342 g/mol. The Bertz CT molecular complexity index is 928. The third kappa shape index (κ3) is 4.15. The Labute approximate surface area is 143 Å². The summed E-state index contributed by atoms with van der Waals surface area (Å²) in [7, 11) is 0. The topological polar surface area (TPSA) is 75.1 Å². The van der Waals surface area contributed by atoms with Crippen molar-refractivity contribution in [1.29, 1.82) is 0 Å². The zero-order valence-corrected chi connectivity index (χ0v) is 13.8. The lowest BCUT2D eigenvalue weighted by atomic mass is 9.91. The first-order valence-corrected chi connectivity index (χ1v) is 8.23. The number of H-pyrrole nitrogens is 1. The number of halogens is 1. The molecule has 0 saturated heterocycles. The van der Waals surface area contributed by atoms with Gasteiger partial charge < -0.3 is 9.73 Å². The maximum atomic E-state index is 13.1. The quantitative estimate of drug-likeness (QED) is 0.706. The van der Waals surface area contributed by atoms with Crippen molar-refractivity contribution < 1.29 is 13.6 Å². The Hall–Kier alpha value is -2.89. The fraction of sp³-hybridized carbons (Fsp3) is 0.263. The molecule has 25 heavy (non-hydrogen) atoms. The Morgan fingerprint density at radius 1 is 1.24 bits per heavy atom. The second kappa shape index (κ2) is 7.34. The first-order chi connectivity index (χ1) is 12.0. The summed E-state index contributed by atoms with van der Waals surface area (Å²) in [4.78, 5) is 26.1. The summed E-state index contributed by atoms with van der Waals surface area (Å²) in [6.07, 6.45) is 2.06. The maximum Gasteiger partial charge on any atom is 0.417 e. The van der Waals surface area contributed by atoms with Gasteiger partial charge in [-0.05, 0) is 42.2 Å². The van der Waals surface area contributed by atoms with Gasteiger partial charge in [-0.3, -0.25) is 9.78 Å². The summed E-state index contributed by atoms with van der Waals surface area (Å²) in [5.41, 5.74) is 2.49. The van der Waals surface area contributed by atoms with E-state index < -0.39 is 5.76 Å². The lowest BCUT2D eigenvalue weighted by molar-refractivity contribution is -0.116. The molecule has 1 atom stereocenters. The number of oxazole rings is 1. The lowest BCUT2D eigenvalue weighted by Crippen LogP contribution is -2.15. The molecule has 6 heteroatoms. The third-order valence-corrected chi connectivity index (χ3v) is 4.12. The fourth-order valence-corrected chi connectivity index (χ4v) is 2.93. The third-order valence-electron chi connectivity index (χ3n) is 4.12. The molecule has 0 radical (unpaired) electrons. The largest absolute Gasteiger partial charge is 0.417 e. The maximum absolute atomic E-state index is 13.1. The summed E-state index contributed by atoms with van der Waals surface area (Å²) >= 11 is 0. The molecule has 1 unspecified atom stereocenters. The first kappa shape index (κ1) is 17.0. The van der Waals surface area contributed by atoms with Crippen LogP contribution in [0.2, 0.25) is 0 Å². The zero-order valence-electron chi connectivity index (χ0n) is 13.8. The molecule has 1 amide bonds. The molecule has 0 spiro atoms. The van der Waals surface area contributed by atoms with E-state index in [1.54, 1.807) is 30.3 Å². The number of amides is 1. The van der Waals surface area contributed by atoms with Gasteiger partial charge in [-0.25, -0.2) is 9.18 Å². The van der Waals surface area contributed by atoms with E-state index in [0.717, 1.165) is 18.4 Å². The van der Waals surface area contributed by atoms with Crippen molar-refractivity contribution in [2.45, 2.75) is 32.1 Å². The molecule has 0 fully saturated rings. The number of anilines is 1. The number of nitrogens with one attached hydrogen (secondary N) is 2. The van der Waals surface area contributed by atoms with E-state index >= 15 is 0 Å². The summed E-state index contributed by atoms with van der Waals surface area (Å²) in [6, 6.07) is 11.3. The van der Waals surface area contributed by atoms with Gasteiger partial charge in [-0.2, -0.15) is 0 Å². The van der Waals surface area contributed by atoms with Crippen LogP contribution >= 0.6 is 0 Å². The van der Waals surface area contributed by atoms with Crippen LogP contribution in [0.25, 0.3) is 11.1 Å². The Morgan fingerprint density at radius 2 is 2.00 bits per heavy atom. The SMILES string of the molecule is CCCC(CC(=O)Nc1ccc2[nH]c(=O)oc2c1)c1ccc(F)cc1. The highest BCUT2D eigenvalue weighted by molar-refractivity contribution is 5.93. The van der Waals surface area contributed by atoms with E-state index in [4.69, 9.17) is 4.42 Å². The van der Waals surface area contributed by atoms with Crippen molar-refractivity contribution in [3.8, 4) is 0 Å². The van der Waals surface area contributed by atoms with Crippen molar-refractivity contribution in [3.63, 3.8) is 0 Å². The predicted molar refractivity (Wildman–Crippen MR) is 94.1 cm³/mol. The Morgan fingerprint density at radius 3 is 2.72 bits per heavy atom. The number of benzene rings is 2. The minimum atomic E-state index is -0.530. The number of rotatable bonds is 6. The van der Waals surface area contributed by atoms with Gasteiger partial charge in [0.2, 0.25) is 5.91 Å². The van der Waals surface area contributed by atoms with E-state index in [9.17, 15) is 14.0 Å². The minimum Gasteiger partial charge on any atom is -0.408 e. The van der Waals surface area contributed by atoms with Crippen LogP contribution in [-0.2, 0) is 4.79 Å². The number of hydrogen-bond acceptors (Lipinski definition) is 3. The van der Waals surface area contributed by atoms with E-state index in [2.05, 4.69) is 17.2 Å². The van der Waals surface area contributed by atoms with Crippen molar-refractivity contribution in [3.05, 3.63) is 64.4 Å².